The number of nitro benzene ring substituents is 1. The zero-order valence-corrected chi connectivity index (χ0v) is 17.6. The number of benzene rings is 2. The molecule has 0 saturated carbocycles. The van der Waals surface area contributed by atoms with Gasteiger partial charge in [-0.05, 0) is 42.5 Å². The highest BCUT2D eigenvalue weighted by Crippen LogP contribution is 2.29. The molecular weight excluding hydrogens is 470 g/mol. The molecular formula is C16H12Cl4N4O3S. The van der Waals surface area contributed by atoms with Crippen molar-refractivity contribution in [1.29, 1.82) is 0 Å². The van der Waals surface area contributed by atoms with Crippen LogP contribution in [0.1, 0.15) is 10.4 Å². The van der Waals surface area contributed by atoms with Crippen LogP contribution in [0.15, 0.2) is 48.5 Å². The Morgan fingerprint density at radius 1 is 1.11 bits per heavy atom. The van der Waals surface area contributed by atoms with Crippen molar-refractivity contribution in [3.63, 3.8) is 0 Å². The Balaban J connectivity index is 2.06. The second kappa shape index (κ2) is 9.58. The number of carbonyl (C=O) groups excluding carboxylic acids is 1. The molecule has 12 heteroatoms. The van der Waals surface area contributed by atoms with Crippen molar-refractivity contribution in [2.45, 2.75) is 9.96 Å². The minimum atomic E-state index is -1.94. The van der Waals surface area contributed by atoms with Crippen LogP contribution in [0.25, 0.3) is 0 Å². The second-order valence-corrected chi connectivity index (χ2v) is 8.57. The molecule has 0 aliphatic heterocycles. The van der Waals surface area contributed by atoms with Crippen molar-refractivity contribution >= 4 is 81.0 Å². The highest BCUT2D eigenvalue weighted by Gasteiger charge is 2.35. The zero-order valence-electron chi connectivity index (χ0n) is 13.8. The predicted octanol–water partition coefficient (Wildman–Crippen LogP) is 4.66. The Bertz CT molecular complexity index is 890. The van der Waals surface area contributed by atoms with Gasteiger partial charge in [0.25, 0.3) is 11.6 Å². The summed E-state index contributed by atoms with van der Waals surface area (Å²) in [7, 11) is 0. The van der Waals surface area contributed by atoms with Crippen LogP contribution in [0.2, 0.25) is 5.02 Å². The number of anilines is 1. The van der Waals surface area contributed by atoms with E-state index in [2.05, 4.69) is 16.0 Å². The molecule has 2 aromatic rings. The fourth-order valence-corrected chi connectivity index (χ4v) is 2.76. The molecule has 0 fully saturated rings. The zero-order chi connectivity index (χ0) is 20.9. The number of non-ortho nitro benzene ring substituents is 1. The van der Waals surface area contributed by atoms with Crippen molar-refractivity contribution < 1.29 is 9.72 Å². The van der Waals surface area contributed by atoms with E-state index in [0.29, 0.717) is 10.7 Å². The first-order valence-corrected chi connectivity index (χ1v) is 9.43. The first kappa shape index (κ1) is 22.4. The molecule has 0 unspecified atom stereocenters. The Morgan fingerprint density at radius 3 is 2.29 bits per heavy atom. The Labute approximate surface area is 185 Å². The number of halogens is 4. The average molecular weight is 482 g/mol. The van der Waals surface area contributed by atoms with E-state index in [1.807, 2.05) is 0 Å². The van der Waals surface area contributed by atoms with Crippen molar-refractivity contribution in [3.05, 3.63) is 69.2 Å². The summed E-state index contributed by atoms with van der Waals surface area (Å²) in [4.78, 5) is 22.5. The van der Waals surface area contributed by atoms with E-state index in [0.717, 1.165) is 0 Å². The first-order valence-electron chi connectivity index (χ1n) is 7.51. The molecule has 0 aromatic heterocycles. The first-order chi connectivity index (χ1) is 13.1. The quantitative estimate of drug-likeness (QED) is 0.189. The summed E-state index contributed by atoms with van der Waals surface area (Å²) in [5.74, 6) is -0.538. The van der Waals surface area contributed by atoms with Gasteiger partial charge in [0.2, 0.25) is 3.79 Å². The van der Waals surface area contributed by atoms with Gasteiger partial charge in [-0.2, -0.15) is 0 Å². The maximum atomic E-state index is 12.4. The number of amides is 1. The van der Waals surface area contributed by atoms with Crippen LogP contribution < -0.4 is 16.0 Å². The lowest BCUT2D eigenvalue weighted by atomic mass is 10.2. The van der Waals surface area contributed by atoms with Crippen molar-refractivity contribution in [1.82, 2.24) is 10.6 Å². The molecule has 0 heterocycles. The number of nitro groups is 1. The normalized spacial score (nSPS) is 12.0. The average Bonchev–Trinajstić information content (AvgIpc) is 2.60. The van der Waals surface area contributed by atoms with E-state index in [9.17, 15) is 14.9 Å². The Kier molecular flexibility index (Phi) is 7.68. The van der Waals surface area contributed by atoms with Gasteiger partial charge >= 0.3 is 0 Å². The summed E-state index contributed by atoms with van der Waals surface area (Å²) in [6, 6.07) is 11.8. The van der Waals surface area contributed by atoms with Crippen molar-refractivity contribution in [3.8, 4) is 0 Å². The minimum absolute atomic E-state index is 0.0246. The summed E-state index contributed by atoms with van der Waals surface area (Å²) in [6.45, 7) is 0. The van der Waals surface area contributed by atoms with Gasteiger partial charge in [0.15, 0.2) is 5.11 Å². The van der Waals surface area contributed by atoms with Gasteiger partial charge in [0.05, 0.1) is 4.92 Å². The molecule has 28 heavy (non-hydrogen) atoms. The van der Waals surface area contributed by atoms with E-state index in [1.165, 1.54) is 30.3 Å². The van der Waals surface area contributed by atoms with Gasteiger partial charge in [-0.3, -0.25) is 14.9 Å². The summed E-state index contributed by atoms with van der Waals surface area (Å²) >= 11 is 28.8. The van der Waals surface area contributed by atoms with Gasteiger partial charge in [-0.25, -0.2) is 0 Å². The number of rotatable bonds is 5. The van der Waals surface area contributed by atoms with Gasteiger partial charge in [-0.15, -0.1) is 0 Å². The van der Waals surface area contributed by atoms with E-state index in [4.69, 9.17) is 58.6 Å². The van der Waals surface area contributed by atoms with Gasteiger partial charge in [0.1, 0.15) is 6.17 Å². The highest BCUT2D eigenvalue weighted by atomic mass is 35.6. The molecule has 0 aliphatic rings. The third kappa shape index (κ3) is 6.65. The van der Waals surface area contributed by atoms with Crippen LogP contribution >= 0.6 is 58.6 Å². The number of carbonyl (C=O) groups is 1. The maximum absolute atomic E-state index is 12.4. The molecule has 0 spiro atoms. The topological polar surface area (TPSA) is 96.3 Å². The summed E-state index contributed by atoms with van der Waals surface area (Å²) in [6.07, 6.45) is -1.18. The number of alkyl halides is 3. The van der Waals surface area contributed by atoms with Crippen LogP contribution in [-0.2, 0) is 0 Å². The lowest BCUT2D eigenvalue weighted by Crippen LogP contribution is -2.56. The monoisotopic (exact) mass is 480 g/mol. The SMILES string of the molecule is O=C(N[C@H](NC(=S)Nc1ccc([N+](=O)[O-])cc1)C(Cl)(Cl)Cl)c1cccc(Cl)c1. The molecule has 0 bridgehead atoms. The summed E-state index contributed by atoms with van der Waals surface area (Å²) < 4.78 is -1.94. The molecule has 0 saturated heterocycles. The van der Waals surface area contributed by atoms with Gasteiger partial charge < -0.3 is 16.0 Å². The van der Waals surface area contributed by atoms with Crippen molar-refractivity contribution in [2.24, 2.45) is 0 Å². The molecule has 148 valence electrons. The van der Waals surface area contributed by atoms with Crippen molar-refractivity contribution in [2.75, 3.05) is 5.32 Å². The highest BCUT2D eigenvalue weighted by molar-refractivity contribution is 7.80. The minimum Gasteiger partial charge on any atom is -0.339 e. The fraction of sp³-hybridized carbons (Fsp3) is 0.125. The van der Waals surface area contributed by atoms with Crippen LogP contribution in [0.5, 0.6) is 0 Å². The van der Waals surface area contributed by atoms with E-state index >= 15 is 0 Å². The number of thiocarbonyl (C=S) groups is 1. The van der Waals surface area contributed by atoms with Crippen LogP contribution in [0.4, 0.5) is 11.4 Å². The molecule has 3 N–H and O–H groups in total. The van der Waals surface area contributed by atoms with Gasteiger partial charge in [-0.1, -0.05) is 52.5 Å². The van der Waals surface area contributed by atoms with Crippen LogP contribution in [-0.4, -0.2) is 25.9 Å². The summed E-state index contributed by atoms with van der Waals surface area (Å²) in [5, 5.41) is 19.1. The fourth-order valence-electron chi connectivity index (χ4n) is 2.01. The number of hydrogen-bond acceptors (Lipinski definition) is 4. The maximum Gasteiger partial charge on any atom is 0.269 e. The smallest absolute Gasteiger partial charge is 0.269 e. The molecule has 0 aliphatic carbocycles. The largest absolute Gasteiger partial charge is 0.339 e. The number of nitrogens with one attached hydrogen (secondary N) is 3. The van der Waals surface area contributed by atoms with Gasteiger partial charge in [0, 0.05) is 28.4 Å². The summed E-state index contributed by atoms with van der Waals surface area (Å²) in [5.41, 5.74) is 0.660. The lowest BCUT2D eigenvalue weighted by molar-refractivity contribution is -0.384. The molecule has 1 amide bonds. The molecule has 2 rings (SSSR count). The lowest BCUT2D eigenvalue weighted by Gasteiger charge is -2.27. The second-order valence-electron chi connectivity index (χ2n) is 5.36. The predicted molar refractivity (Wildman–Crippen MR) is 115 cm³/mol. The third-order valence-electron chi connectivity index (χ3n) is 3.30. The third-order valence-corrected chi connectivity index (χ3v) is 4.41. The molecule has 1 atom stereocenters. The Morgan fingerprint density at radius 2 is 1.75 bits per heavy atom. The standard InChI is InChI=1S/C16H12Cl4N4O3S/c17-10-3-1-2-9(8-10)13(25)22-14(16(18,19)20)23-15(28)21-11-4-6-12(7-5-11)24(26)27/h1-8,14H,(H,22,25)(H2,21,23,28)/t14-/m1/s1. The Hall–Kier alpha value is -1.84. The molecule has 0 radical (unpaired) electrons. The van der Waals surface area contributed by atoms with Crippen LogP contribution in [0, 0.1) is 10.1 Å². The number of nitrogens with zero attached hydrogens (tertiary/aromatic N) is 1. The molecule has 7 nitrogen and oxygen atoms in total. The van der Waals surface area contributed by atoms with E-state index < -0.39 is 20.8 Å². The van der Waals surface area contributed by atoms with E-state index in [-0.39, 0.29) is 16.4 Å². The van der Waals surface area contributed by atoms with E-state index in [1.54, 1.807) is 18.2 Å². The number of hydrogen-bond donors (Lipinski definition) is 3. The molecule has 2 aromatic carbocycles. The van der Waals surface area contributed by atoms with Crippen LogP contribution in [0.3, 0.4) is 0 Å².